The van der Waals surface area contributed by atoms with E-state index in [-0.39, 0.29) is 21.9 Å². The smallest absolute Gasteiger partial charge is 0.270 e. The number of anilines is 2. The van der Waals surface area contributed by atoms with Gasteiger partial charge >= 0.3 is 0 Å². The van der Waals surface area contributed by atoms with E-state index in [1.807, 2.05) is 13.0 Å². The van der Waals surface area contributed by atoms with Crippen LogP contribution in [0.2, 0.25) is 0 Å². The quantitative estimate of drug-likeness (QED) is 0.295. The van der Waals surface area contributed by atoms with E-state index in [1.165, 1.54) is 18.2 Å². The zero-order chi connectivity index (χ0) is 23.5. The fraction of sp³-hybridized carbons (Fsp3) is 0.136. The molecule has 0 amide bonds. The van der Waals surface area contributed by atoms with E-state index in [9.17, 15) is 22.9 Å². The number of benzene rings is 3. The molecule has 0 aliphatic carbocycles. The molecule has 8 nitrogen and oxygen atoms in total. The Kier molecular flexibility index (Phi) is 6.54. The monoisotopic (exact) mass is 456 g/mol. The summed E-state index contributed by atoms with van der Waals surface area (Å²) >= 11 is 0. The number of sulfonamides is 1. The molecule has 10 heteroatoms. The summed E-state index contributed by atoms with van der Waals surface area (Å²) in [5.41, 5.74) is 4.71. The molecule has 0 spiro atoms. The van der Waals surface area contributed by atoms with Crippen molar-refractivity contribution in [2.45, 2.75) is 25.7 Å². The molecule has 3 aromatic rings. The Balaban J connectivity index is 2.02. The second-order valence-electron chi connectivity index (χ2n) is 7.15. The van der Waals surface area contributed by atoms with E-state index in [0.717, 1.165) is 17.7 Å². The largest absolute Gasteiger partial charge is 0.279 e. The molecule has 0 fully saturated rings. The minimum absolute atomic E-state index is 0.00329. The number of halogens is 1. The SMILES string of the molecule is CC(=NNc1ccc([N+](=O)[O-])cc1S(=O)(=O)Nc1ccc(C)cc1C)c1ccccc1F. The normalized spacial score (nSPS) is 11.8. The number of rotatable bonds is 7. The summed E-state index contributed by atoms with van der Waals surface area (Å²) in [5, 5.41) is 15.3. The van der Waals surface area contributed by atoms with Crippen LogP contribution in [0.1, 0.15) is 23.6 Å². The van der Waals surface area contributed by atoms with Gasteiger partial charge in [0.15, 0.2) is 0 Å². The van der Waals surface area contributed by atoms with Crippen LogP contribution in [0.3, 0.4) is 0 Å². The number of hydrazone groups is 1. The lowest BCUT2D eigenvalue weighted by atomic mass is 10.1. The molecule has 0 unspecified atom stereocenters. The van der Waals surface area contributed by atoms with Crippen molar-refractivity contribution < 1.29 is 17.7 Å². The van der Waals surface area contributed by atoms with Crippen LogP contribution >= 0.6 is 0 Å². The number of nitro groups is 1. The van der Waals surface area contributed by atoms with Crippen LogP contribution in [-0.2, 0) is 10.0 Å². The lowest BCUT2D eigenvalue weighted by Crippen LogP contribution is -2.16. The highest BCUT2D eigenvalue weighted by Gasteiger charge is 2.23. The summed E-state index contributed by atoms with van der Waals surface area (Å²) in [6.45, 7) is 5.18. The molecule has 166 valence electrons. The summed E-state index contributed by atoms with van der Waals surface area (Å²) in [7, 11) is -4.22. The number of nitro benzene ring substituents is 1. The lowest BCUT2D eigenvalue weighted by Gasteiger charge is -2.14. The molecular weight excluding hydrogens is 435 g/mol. The Morgan fingerprint density at radius 2 is 1.72 bits per heavy atom. The van der Waals surface area contributed by atoms with E-state index in [1.54, 1.807) is 38.1 Å². The van der Waals surface area contributed by atoms with Gasteiger partial charge in [0.05, 0.1) is 22.0 Å². The first kappa shape index (κ1) is 22.9. The third-order valence-electron chi connectivity index (χ3n) is 4.70. The van der Waals surface area contributed by atoms with Crippen LogP contribution < -0.4 is 10.1 Å². The number of hydrogen-bond acceptors (Lipinski definition) is 6. The molecule has 0 radical (unpaired) electrons. The Morgan fingerprint density at radius 1 is 1.03 bits per heavy atom. The first-order valence-corrected chi connectivity index (χ1v) is 11.0. The predicted molar refractivity (Wildman–Crippen MR) is 122 cm³/mol. The first-order valence-electron chi connectivity index (χ1n) is 9.52. The molecular formula is C22H21FN4O4S. The van der Waals surface area contributed by atoms with E-state index in [0.29, 0.717) is 11.3 Å². The summed E-state index contributed by atoms with van der Waals surface area (Å²) in [6, 6.07) is 14.5. The summed E-state index contributed by atoms with van der Waals surface area (Å²) in [4.78, 5) is 10.2. The van der Waals surface area contributed by atoms with Crippen LogP contribution in [0.4, 0.5) is 21.5 Å². The third-order valence-corrected chi connectivity index (χ3v) is 6.10. The lowest BCUT2D eigenvalue weighted by molar-refractivity contribution is -0.385. The number of nitrogens with one attached hydrogen (secondary N) is 2. The number of non-ortho nitro benzene ring substituents is 1. The maximum absolute atomic E-state index is 14.0. The molecule has 0 aromatic heterocycles. The van der Waals surface area contributed by atoms with Crippen molar-refractivity contribution in [3.05, 3.63) is 93.3 Å². The van der Waals surface area contributed by atoms with Gasteiger partial charge in [0.1, 0.15) is 10.7 Å². The molecule has 2 N–H and O–H groups in total. The van der Waals surface area contributed by atoms with Crippen molar-refractivity contribution in [2.75, 3.05) is 10.1 Å². The second-order valence-corrected chi connectivity index (χ2v) is 8.80. The van der Waals surface area contributed by atoms with E-state index >= 15 is 0 Å². The van der Waals surface area contributed by atoms with Crippen molar-refractivity contribution in [1.29, 1.82) is 0 Å². The zero-order valence-corrected chi connectivity index (χ0v) is 18.4. The highest BCUT2D eigenvalue weighted by atomic mass is 32.2. The van der Waals surface area contributed by atoms with Gasteiger partial charge in [-0.2, -0.15) is 5.10 Å². The molecule has 3 aromatic carbocycles. The van der Waals surface area contributed by atoms with E-state index in [2.05, 4.69) is 15.2 Å². The molecule has 0 heterocycles. The molecule has 32 heavy (non-hydrogen) atoms. The van der Waals surface area contributed by atoms with Gasteiger partial charge in [-0.1, -0.05) is 35.9 Å². The van der Waals surface area contributed by atoms with Crippen LogP contribution in [0.5, 0.6) is 0 Å². The molecule has 0 saturated carbocycles. The average molecular weight is 456 g/mol. The number of nitrogens with zero attached hydrogens (tertiary/aromatic N) is 2. The van der Waals surface area contributed by atoms with Gasteiger partial charge < -0.3 is 0 Å². The molecule has 0 saturated heterocycles. The third kappa shape index (κ3) is 5.09. The second kappa shape index (κ2) is 9.15. The Morgan fingerprint density at radius 3 is 2.38 bits per heavy atom. The van der Waals surface area contributed by atoms with Gasteiger partial charge in [0.2, 0.25) is 0 Å². The van der Waals surface area contributed by atoms with Gasteiger partial charge in [-0.25, -0.2) is 12.8 Å². The number of aryl methyl sites for hydroxylation is 2. The standard InChI is InChI=1S/C22H21FN4O4S/c1-14-8-10-20(15(2)12-14)26-32(30,31)22-13-17(27(28)29)9-11-21(22)25-24-16(3)18-6-4-5-7-19(18)23/h4-13,25-26H,1-3H3. The first-order chi connectivity index (χ1) is 15.1. The van der Waals surface area contributed by atoms with Crippen molar-refractivity contribution >= 4 is 32.8 Å². The Labute approximate surface area is 185 Å². The minimum atomic E-state index is -4.22. The van der Waals surface area contributed by atoms with Crippen LogP contribution in [0.15, 0.2) is 70.7 Å². The van der Waals surface area contributed by atoms with E-state index in [4.69, 9.17) is 0 Å². The van der Waals surface area contributed by atoms with Gasteiger partial charge in [-0.15, -0.1) is 0 Å². The molecule has 3 rings (SSSR count). The Hall–Kier alpha value is -3.79. The van der Waals surface area contributed by atoms with Gasteiger partial charge in [-0.3, -0.25) is 20.3 Å². The van der Waals surface area contributed by atoms with E-state index < -0.39 is 26.5 Å². The van der Waals surface area contributed by atoms with Gasteiger partial charge in [-0.05, 0) is 44.5 Å². The van der Waals surface area contributed by atoms with Crippen LogP contribution in [-0.4, -0.2) is 19.1 Å². The molecule has 0 aliphatic rings. The van der Waals surface area contributed by atoms with Gasteiger partial charge in [0.25, 0.3) is 15.7 Å². The van der Waals surface area contributed by atoms with Crippen molar-refractivity contribution in [2.24, 2.45) is 5.10 Å². The average Bonchev–Trinajstić information content (AvgIpc) is 2.74. The highest BCUT2D eigenvalue weighted by Crippen LogP contribution is 2.29. The predicted octanol–water partition coefficient (Wildman–Crippen LogP) is 4.99. The summed E-state index contributed by atoms with van der Waals surface area (Å²) in [6.07, 6.45) is 0. The van der Waals surface area contributed by atoms with Crippen molar-refractivity contribution in [3.63, 3.8) is 0 Å². The maximum Gasteiger partial charge on any atom is 0.270 e. The van der Waals surface area contributed by atoms with Crippen LogP contribution in [0, 0.1) is 29.8 Å². The summed E-state index contributed by atoms with van der Waals surface area (Å²) < 4.78 is 42.7. The van der Waals surface area contributed by atoms with Crippen molar-refractivity contribution in [1.82, 2.24) is 0 Å². The maximum atomic E-state index is 14.0. The summed E-state index contributed by atoms with van der Waals surface area (Å²) in [5.74, 6) is -0.483. The van der Waals surface area contributed by atoms with Crippen molar-refractivity contribution in [3.8, 4) is 0 Å². The Bertz CT molecular complexity index is 1320. The fourth-order valence-corrected chi connectivity index (χ4v) is 4.33. The zero-order valence-electron chi connectivity index (χ0n) is 17.6. The fourth-order valence-electron chi connectivity index (χ4n) is 3.03. The molecule has 0 bridgehead atoms. The topological polar surface area (TPSA) is 114 Å². The highest BCUT2D eigenvalue weighted by molar-refractivity contribution is 7.92. The molecule has 0 atom stereocenters. The number of hydrogen-bond donors (Lipinski definition) is 2. The van der Waals surface area contributed by atoms with Crippen LogP contribution in [0.25, 0.3) is 0 Å². The minimum Gasteiger partial charge on any atom is -0.279 e. The molecule has 0 aliphatic heterocycles. The van der Waals surface area contributed by atoms with Gasteiger partial charge in [0, 0.05) is 17.7 Å².